The summed E-state index contributed by atoms with van der Waals surface area (Å²) >= 11 is 0. The van der Waals surface area contributed by atoms with Crippen molar-refractivity contribution < 1.29 is 8.42 Å². The van der Waals surface area contributed by atoms with Gasteiger partial charge in [-0.2, -0.15) is 22.1 Å². The smallest absolute Gasteiger partial charge is 0.281 e. The molecule has 1 fully saturated rings. The third kappa shape index (κ3) is 4.82. The molecule has 10 heteroatoms. The molecular formula is C17H27N7O2S. The molecule has 148 valence electrons. The van der Waals surface area contributed by atoms with Gasteiger partial charge < -0.3 is 5.32 Å². The quantitative estimate of drug-likeness (QED) is 0.772. The maximum Gasteiger partial charge on any atom is 0.281 e. The normalized spacial score (nSPS) is 18.8. The molecule has 0 aliphatic carbocycles. The summed E-state index contributed by atoms with van der Waals surface area (Å²) < 4.78 is 27.7. The number of nitrogens with one attached hydrogen (secondary N) is 2. The molecule has 2 aromatic rings. The van der Waals surface area contributed by atoms with Crippen LogP contribution in [0.15, 0.2) is 12.1 Å². The average Bonchev–Trinajstić information content (AvgIpc) is 2.99. The second-order valence-electron chi connectivity index (χ2n) is 7.21. The maximum absolute atomic E-state index is 12.4. The maximum atomic E-state index is 12.4. The Hall–Kier alpha value is -2.04. The van der Waals surface area contributed by atoms with Gasteiger partial charge >= 0.3 is 0 Å². The van der Waals surface area contributed by atoms with Gasteiger partial charge in [0.1, 0.15) is 11.6 Å². The topological polar surface area (TPSA) is 107 Å². The lowest BCUT2D eigenvalue weighted by atomic mass is 9.94. The number of aromatic amines is 1. The minimum absolute atomic E-state index is 0.239. The first kappa shape index (κ1) is 19.7. The first-order valence-corrected chi connectivity index (χ1v) is 10.4. The number of anilines is 2. The van der Waals surface area contributed by atoms with Gasteiger partial charge in [-0.1, -0.05) is 0 Å². The molecule has 0 aromatic carbocycles. The predicted molar refractivity (Wildman–Crippen MR) is 104 cm³/mol. The molecule has 1 unspecified atom stereocenters. The van der Waals surface area contributed by atoms with Crippen LogP contribution in [0.3, 0.4) is 0 Å². The van der Waals surface area contributed by atoms with Crippen LogP contribution < -0.4 is 5.32 Å². The van der Waals surface area contributed by atoms with Crippen molar-refractivity contribution in [3.05, 3.63) is 29.3 Å². The van der Waals surface area contributed by atoms with Crippen LogP contribution in [0, 0.1) is 19.8 Å². The van der Waals surface area contributed by atoms with Gasteiger partial charge in [-0.25, -0.2) is 9.97 Å². The minimum Gasteiger partial charge on any atom is -0.323 e. The van der Waals surface area contributed by atoms with Gasteiger partial charge in [0, 0.05) is 50.7 Å². The van der Waals surface area contributed by atoms with Crippen molar-refractivity contribution in [2.24, 2.45) is 5.92 Å². The number of H-pyrrole nitrogens is 1. The zero-order valence-electron chi connectivity index (χ0n) is 16.2. The molecule has 2 N–H and O–H groups in total. The molecule has 1 aliphatic heterocycles. The van der Waals surface area contributed by atoms with Crippen LogP contribution in [0.4, 0.5) is 11.6 Å². The fourth-order valence-corrected chi connectivity index (χ4v) is 4.56. The van der Waals surface area contributed by atoms with Crippen molar-refractivity contribution >= 4 is 21.8 Å². The monoisotopic (exact) mass is 393 g/mol. The van der Waals surface area contributed by atoms with Crippen molar-refractivity contribution in [1.82, 2.24) is 28.8 Å². The van der Waals surface area contributed by atoms with Gasteiger partial charge in [0.15, 0.2) is 5.82 Å². The molecule has 0 saturated carbocycles. The van der Waals surface area contributed by atoms with E-state index in [9.17, 15) is 8.42 Å². The molecule has 3 rings (SSSR count). The lowest BCUT2D eigenvalue weighted by Gasteiger charge is -2.33. The molecule has 9 nitrogen and oxygen atoms in total. The summed E-state index contributed by atoms with van der Waals surface area (Å²) in [6, 6.07) is 3.82. The summed E-state index contributed by atoms with van der Waals surface area (Å²) in [4.78, 5) is 8.96. The molecule has 0 radical (unpaired) electrons. The number of rotatable bonds is 6. The Morgan fingerprint density at radius 2 is 2.04 bits per heavy atom. The van der Waals surface area contributed by atoms with Gasteiger partial charge in [0.25, 0.3) is 10.2 Å². The van der Waals surface area contributed by atoms with Crippen LogP contribution in [0.1, 0.15) is 30.1 Å². The second kappa shape index (κ2) is 7.91. The van der Waals surface area contributed by atoms with E-state index in [2.05, 4.69) is 25.5 Å². The number of nitrogens with zero attached hydrogens (tertiary/aromatic N) is 5. The van der Waals surface area contributed by atoms with Gasteiger partial charge in [0.2, 0.25) is 0 Å². The van der Waals surface area contributed by atoms with Crippen molar-refractivity contribution in [3.63, 3.8) is 0 Å². The largest absolute Gasteiger partial charge is 0.323 e. The number of aromatic nitrogens is 4. The molecule has 1 saturated heterocycles. The highest BCUT2D eigenvalue weighted by atomic mass is 32.2. The number of hydrogen-bond donors (Lipinski definition) is 2. The SMILES string of the molecule is Cc1nc(CC2CCCN(S(=O)(=O)N(C)C)C2)cc(Nc2cc(C)[nH]n2)n1. The standard InChI is InChI=1S/C17H27N7O2S/c1-12-8-17(22-21-12)20-16-10-15(18-13(2)19-16)9-14-6-5-7-24(11-14)27(25,26)23(3)4/h8,10,14H,5-7,9,11H2,1-4H3,(H2,18,19,20,21,22). The number of hydrogen-bond acceptors (Lipinski definition) is 6. The number of aryl methyl sites for hydroxylation is 2. The van der Waals surface area contributed by atoms with E-state index in [1.54, 1.807) is 18.4 Å². The minimum atomic E-state index is -3.37. The van der Waals surface area contributed by atoms with Gasteiger partial charge in [-0.3, -0.25) is 5.10 Å². The first-order chi connectivity index (χ1) is 12.7. The van der Waals surface area contributed by atoms with Crippen LogP contribution in [0.2, 0.25) is 0 Å². The Kier molecular flexibility index (Phi) is 5.78. The van der Waals surface area contributed by atoms with Gasteiger partial charge in [-0.05, 0) is 39.0 Å². The Bertz CT molecular complexity index is 894. The van der Waals surface area contributed by atoms with Crippen molar-refractivity contribution in [3.8, 4) is 0 Å². The Morgan fingerprint density at radius 1 is 1.26 bits per heavy atom. The molecule has 3 heterocycles. The van der Waals surface area contributed by atoms with E-state index in [1.165, 1.54) is 4.31 Å². The molecule has 27 heavy (non-hydrogen) atoms. The summed E-state index contributed by atoms with van der Waals surface area (Å²) in [7, 11) is -0.228. The Labute approximate surface area is 160 Å². The van der Waals surface area contributed by atoms with E-state index < -0.39 is 10.2 Å². The zero-order valence-corrected chi connectivity index (χ0v) is 17.0. The lowest BCUT2D eigenvalue weighted by Crippen LogP contribution is -2.45. The fraction of sp³-hybridized carbons (Fsp3) is 0.588. The summed E-state index contributed by atoms with van der Waals surface area (Å²) in [5, 5.41) is 10.2. The van der Waals surface area contributed by atoms with Crippen LogP contribution in [0.5, 0.6) is 0 Å². The van der Waals surface area contributed by atoms with Crippen LogP contribution in [-0.2, 0) is 16.6 Å². The van der Waals surface area contributed by atoms with Crippen LogP contribution >= 0.6 is 0 Å². The average molecular weight is 394 g/mol. The second-order valence-corrected chi connectivity index (χ2v) is 9.36. The van der Waals surface area contributed by atoms with E-state index in [1.807, 2.05) is 26.0 Å². The summed E-state index contributed by atoms with van der Waals surface area (Å²) in [6.45, 7) is 4.88. The molecule has 0 bridgehead atoms. The predicted octanol–water partition coefficient (Wildman–Crippen LogP) is 1.62. The molecule has 1 aliphatic rings. The summed E-state index contributed by atoms with van der Waals surface area (Å²) in [5.74, 6) is 2.31. The van der Waals surface area contributed by atoms with E-state index in [-0.39, 0.29) is 5.92 Å². The van der Waals surface area contributed by atoms with Gasteiger partial charge in [-0.15, -0.1) is 0 Å². The molecule has 2 aromatic heterocycles. The molecule has 0 amide bonds. The van der Waals surface area contributed by atoms with Crippen molar-refractivity contribution in [2.45, 2.75) is 33.1 Å². The first-order valence-electron chi connectivity index (χ1n) is 9.05. The van der Waals surface area contributed by atoms with E-state index in [0.717, 1.165) is 30.7 Å². The summed E-state index contributed by atoms with van der Waals surface area (Å²) in [6.07, 6.45) is 2.57. The molecule has 1 atom stereocenters. The van der Waals surface area contributed by atoms with E-state index in [4.69, 9.17) is 0 Å². The van der Waals surface area contributed by atoms with Crippen LogP contribution in [0.25, 0.3) is 0 Å². The van der Waals surface area contributed by atoms with Gasteiger partial charge in [0.05, 0.1) is 0 Å². The van der Waals surface area contributed by atoms with Crippen molar-refractivity contribution in [2.75, 3.05) is 32.5 Å². The molecular weight excluding hydrogens is 366 g/mol. The fourth-order valence-electron chi connectivity index (χ4n) is 3.34. The van der Waals surface area contributed by atoms with Crippen molar-refractivity contribution in [1.29, 1.82) is 0 Å². The van der Waals surface area contributed by atoms with Crippen LogP contribution in [-0.4, -0.2) is 64.4 Å². The lowest BCUT2D eigenvalue weighted by molar-refractivity contribution is 0.253. The highest BCUT2D eigenvalue weighted by Crippen LogP contribution is 2.24. The Balaban J connectivity index is 1.71. The third-order valence-electron chi connectivity index (χ3n) is 4.62. The highest BCUT2D eigenvalue weighted by Gasteiger charge is 2.30. The summed E-state index contributed by atoms with van der Waals surface area (Å²) in [5.41, 5.74) is 1.87. The Morgan fingerprint density at radius 3 is 2.70 bits per heavy atom. The third-order valence-corrected chi connectivity index (χ3v) is 6.53. The number of piperidine rings is 1. The molecule has 0 spiro atoms. The van der Waals surface area contributed by atoms with E-state index >= 15 is 0 Å². The van der Waals surface area contributed by atoms with E-state index in [0.29, 0.717) is 30.5 Å². The highest BCUT2D eigenvalue weighted by molar-refractivity contribution is 7.86. The zero-order chi connectivity index (χ0) is 19.6.